The van der Waals surface area contributed by atoms with Gasteiger partial charge in [0.05, 0.1) is 19.1 Å². The van der Waals surface area contributed by atoms with Crippen molar-refractivity contribution in [3.05, 3.63) is 32.6 Å². The zero-order valence-corrected chi connectivity index (χ0v) is 8.64. The largest absolute Gasteiger partial charge is 0.481 e. The van der Waals surface area contributed by atoms with Crippen molar-refractivity contribution in [3.8, 4) is 0 Å². The van der Waals surface area contributed by atoms with E-state index in [1.54, 1.807) is 0 Å². The molecule has 16 heavy (non-hydrogen) atoms. The Morgan fingerprint density at radius 2 is 2.19 bits per heavy atom. The molecule has 0 radical (unpaired) electrons. The van der Waals surface area contributed by atoms with Gasteiger partial charge in [0.15, 0.2) is 0 Å². The number of carboxylic acid groups (broad SMARTS) is 1. The third-order valence-electron chi connectivity index (χ3n) is 2.01. The van der Waals surface area contributed by atoms with Gasteiger partial charge in [-0.15, -0.1) is 0 Å². The highest BCUT2D eigenvalue weighted by molar-refractivity contribution is 5.67. The Bertz CT molecular complexity index is 501. The van der Waals surface area contributed by atoms with Gasteiger partial charge in [-0.2, -0.15) is 0 Å². The van der Waals surface area contributed by atoms with Crippen LogP contribution in [0.5, 0.6) is 0 Å². The molecule has 7 nitrogen and oxygen atoms in total. The number of aliphatic carboxylic acids is 1. The summed E-state index contributed by atoms with van der Waals surface area (Å²) in [6.07, 6.45) is -0.336. The zero-order chi connectivity index (χ0) is 12.3. The number of aryl methyl sites for hydroxylation is 1. The molecule has 0 spiro atoms. The Kier molecular flexibility index (Phi) is 3.62. The predicted octanol–water partition coefficient (Wildman–Crippen LogP) is -1.32. The number of nitrogens with zero attached hydrogens (tertiary/aromatic N) is 1. The molecular formula is C9H12N2O5. The summed E-state index contributed by atoms with van der Waals surface area (Å²) in [5.74, 6) is -1.15. The van der Waals surface area contributed by atoms with E-state index in [1.807, 2.05) is 0 Å². The molecule has 0 bridgehead atoms. The van der Waals surface area contributed by atoms with Gasteiger partial charge in [0.2, 0.25) is 0 Å². The van der Waals surface area contributed by atoms with E-state index in [-0.39, 0.29) is 6.54 Å². The summed E-state index contributed by atoms with van der Waals surface area (Å²) >= 11 is 0. The molecule has 0 aromatic carbocycles. The van der Waals surface area contributed by atoms with E-state index >= 15 is 0 Å². The van der Waals surface area contributed by atoms with Crippen LogP contribution in [0.1, 0.15) is 12.0 Å². The Morgan fingerprint density at radius 1 is 1.56 bits per heavy atom. The van der Waals surface area contributed by atoms with E-state index in [0.29, 0.717) is 5.56 Å². The fraction of sp³-hybridized carbons (Fsp3) is 0.444. The first-order valence-corrected chi connectivity index (χ1v) is 4.60. The topological polar surface area (TPSA) is 112 Å². The number of aromatic amines is 1. The van der Waals surface area contributed by atoms with Crippen molar-refractivity contribution < 1.29 is 15.0 Å². The van der Waals surface area contributed by atoms with Gasteiger partial charge in [0.1, 0.15) is 0 Å². The summed E-state index contributed by atoms with van der Waals surface area (Å²) in [4.78, 5) is 34.7. The second-order valence-corrected chi connectivity index (χ2v) is 3.48. The normalized spacial score (nSPS) is 12.4. The first-order chi connectivity index (χ1) is 7.40. The van der Waals surface area contributed by atoms with Crippen LogP contribution in [0.2, 0.25) is 0 Å². The van der Waals surface area contributed by atoms with E-state index in [4.69, 9.17) is 5.11 Å². The zero-order valence-electron chi connectivity index (χ0n) is 8.64. The number of aliphatic hydroxyl groups excluding tert-OH is 1. The van der Waals surface area contributed by atoms with Gasteiger partial charge in [-0.05, 0) is 6.92 Å². The van der Waals surface area contributed by atoms with Crippen LogP contribution in [0.4, 0.5) is 0 Å². The molecule has 0 fully saturated rings. The van der Waals surface area contributed by atoms with Crippen molar-refractivity contribution in [2.45, 2.75) is 26.0 Å². The molecule has 0 saturated carbocycles. The van der Waals surface area contributed by atoms with Gasteiger partial charge in [-0.1, -0.05) is 0 Å². The van der Waals surface area contributed by atoms with Crippen molar-refractivity contribution in [1.82, 2.24) is 9.55 Å². The number of nitrogens with one attached hydrogen (secondary N) is 1. The van der Waals surface area contributed by atoms with E-state index in [9.17, 15) is 19.5 Å². The molecule has 1 aromatic rings. The molecule has 1 heterocycles. The van der Waals surface area contributed by atoms with Crippen molar-refractivity contribution in [2.24, 2.45) is 0 Å². The first kappa shape index (κ1) is 12.2. The Hall–Kier alpha value is -1.89. The molecule has 88 valence electrons. The third kappa shape index (κ3) is 3.06. The van der Waals surface area contributed by atoms with Crippen LogP contribution >= 0.6 is 0 Å². The number of hydrogen-bond donors (Lipinski definition) is 3. The lowest BCUT2D eigenvalue weighted by molar-refractivity contribution is -0.139. The lowest BCUT2D eigenvalue weighted by Crippen LogP contribution is -2.34. The van der Waals surface area contributed by atoms with Gasteiger partial charge in [-0.25, -0.2) is 4.79 Å². The maximum absolute atomic E-state index is 11.3. The molecule has 0 saturated heterocycles. The minimum atomic E-state index is -1.17. The maximum atomic E-state index is 11.3. The fourth-order valence-electron chi connectivity index (χ4n) is 1.25. The molecule has 0 aliphatic carbocycles. The molecule has 1 atom stereocenters. The molecule has 1 unspecified atom stereocenters. The van der Waals surface area contributed by atoms with Crippen molar-refractivity contribution in [2.75, 3.05) is 0 Å². The van der Waals surface area contributed by atoms with Gasteiger partial charge < -0.3 is 10.2 Å². The molecule has 1 rings (SSSR count). The minimum Gasteiger partial charge on any atom is -0.481 e. The van der Waals surface area contributed by atoms with Crippen molar-refractivity contribution >= 4 is 5.97 Å². The average molecular weight is 228 g/mol. The van der Waals surface area contributed by atoms with E-state index in [2.05, 4.69) is 4.98 Å². The number of carbonyl (C=O) groups is 1. The highest BCUT2D eigenvalue weighted by atomic mass is 16.4. The van der Waals surface area contributed by atoms with E-state index in [0.717, 1.165) is 4.57 Å². The van der Waals surface area contributed by atoms with E-state index < -0.39 is 29.7 Å². The highest BCUT2D eigenvalue weighted by Crippen LogP contribution is 1.95. The Labute approximate surface area is 90.0 Å². The second-order valence-electron chi connectivity index (χ2n) is 3.48. The van der Waals surface area contributed by atoms with Gasteiger partial charge in [-0.3, -0.25) is 19.1 Å². The third-order valence-corrected chi connectivity index (χ3v) is 2.01. The molecule has 1 aromatic heterocycles. The SMILES string of the molecule is Cc1cn(CC(O)CC(=O)O)c(=O)[nH]c1=O. The smallest absolute Gasteiger partial charge is 0.328 e. The first-order valence-electron chi connectivity index (χ1n) is 4.60. The van der Waals surface area contributed by atoms with Crippen molar-refractivity contribution in [1.29, 1.82) is 0 Å². The molecule has 0 aliphatic rings. The number of aromatic nitrogens is 2. The predicted molar refractivity (Wildman–Crippen MR) is 54.3 cm³/mol. The minimum absolute atomic E-state index is 0.164. The van der Waals surface area contributed by atoms with Crippen LogP contribution < -0.4 is 11.2 Å². The summed E-state index contributed by atoms with van der Waals surface area (Å²) in [6, 6.07) is 0. The molecule has 0 aliphatic heterocycles. The fourth-order valence-corrected chi connectivity index (χ4v) is 1.25. The van der Waals surface area contributed by atoms with Crippen LogP contribution in [0.3, 0.4) is 0 Å². The van der Waals surface area contributed by atoms with Gasteiger partial charge in [0, 0.05) is 11.8 Å². The number of carboxylic acids is 1. The van der Waals surface area contributed by atoms with Gasteiger partial charge >= 0.3 is 11.7 Å². The lowest BCUT2D eigenvalue weighted by Gasteiger charge is -2.10. The van der Waals surface area contributed by atoms with Crippen LogP contribution in [-0.2, 0) is 11.3 Å². The van der Waals surface area contributed by atoms with E-state index in [1.165, 1.54) is 13.1 Å². The number of H-pyrrole nitrogens is 1. The molecular weight excluding hydrogens is 216 g/mol. The number of rotatable bonds is 4. The second kappa shape index (κ2) is 4.75. The van der Waals surface area contributed by atoms with Crippen LogP contribution in [0.15, 0.2) is 15.8 Å². The summed E-state index contributed by atoms with van der Waals surface area (Å²) in [6.45, 7) is 1.35. The van der Waals surface area contributed by atoms with Crippen molar-refractivity contribution in [3.63, 3.8) is 0 Å². The Balaban J connectivity index is 2.90. The Morgan fingerprint density at radius 3 is 2.75 bits per heavy atom. The molecule has 7 heteroatoms. The van der Waals surface area contributed by atoms with Gasteiger partial charge in [0.25, 0.3) is 5.56 Å². The quantitative estimate of drug-likeness (QED) is 0.591. The standard InChI is InChI=1S/C9H12N2O5/c1-5-3-11(9(16)10-8(5)15)4-6(12)2-7(13)14/h3,6,12H,2,4H2,1H3,(H,13,14)(H,10,15,16). The maximum Gasteiger partial charge on any atom is 0.328 e. The molecule has 0 amide bonds. The number of hydrogen-bond acceptors (Lipinski definition) is 4. The number of aliphatic hydroxyl groups is 1. The summed E-state index contributed by atoms with van der Waals surface area (Å²) in [5.41, 5.74) is -0.837. The average Bonchev–Trinajstić information content (AvgIpc) is 2.12. The summed E-state index contributed by atoms with van der Waals surface area (Å²) < 4.78 is 1.07. The lowest BCUT2D eigenvalue weighted by atomic mass is 10.2. The van der Waals surface area contributed by atoms with Crippen LogP contribution in [0.25, 0.3) is 0 Å². The summed E-state index contributed by atoms with van der Waals surface area (Å²) in [5, 5.41) is 17.7. The monoisotopic (exact) mass is 228 g/mol. The molecule has 3 N–H and O–H groups in total. The highest BCUT2D eigenvalue weighted by Gasteiger charge is 2.11. The van der Waals surface area contributed by atoms with Crippen LogP contribution in [-0.4, -0.2) is 31.8 Å². The summed E-state index contributed by atoms with van der Waals surface area (Å²) in [7, 11) is 0. The van der Waals surface area contributed by atoms with Crippen LogP contribution in [0, 0.1) is 6.92 Å².